The zero-order valence-electron chi connectivity index (χ0n) is 22.0. The topological polar surface area (TPSA) is 183 Å². The number of ether oxygens (including phenoxy) is 2. The molecule has 0 bridgehead atoms. The number of nitrogen functional groups attached to an aromatic ring is 1. The Bertz CT molecular complexity index is 1490. The molecule has 1 aliphatic heterocycles. The molecule has 0 spiro atoms. The predicted octanol–water partition coefficient (Wildman–Crippen LogP) is 0.971. The second-order valence-electron chi connectivity index (χ2n) is 10.5. The number of aliphatic hydroxyl groups excluding tert-OH is 3. The lowest BCUT2D eigenvalue weighted by Crippen LogP contribution is -2.33. The van der Waals surface area contributed by atoms with Crippen LogP contribution in [-0.4, -0.2) is 82.4 Å². The molecule has 0 aliphatic carbocycles. The van der Waals surface area contributed by atoms with Crippen LogP contribution in [-0.2, 0) is 27.2 Å². The van der Waals surface area contributed by atoms with Crippen LogP contribution in [0.5, 0.6) is 0 Å². The summed E-state index contributed by atoms with van der Waals surface area (Å²) in [7, 11) is 0. The van der Waals surface area contributed by atoms with Crippen molar-refractivity contribution in [1.82, 2.24) is 24.1 Å². The first kappa shape index (κ1) is 26.8. The van der Waals surface area contributed by atoms with Crippen LogP contribution in [0.3, 0.4) is 0 Å². The quantitative estimate of drug-likeness (QED) is 0.201. The number of nitrogens with one attached hydrogen (secondary N) is 1. The second-order valence-corrected chi connectivity index (χ2v) is 10.5. The van der Waals surface area contributed by atoms with Gasteiger partial charge in [0.15, 0.2) is 17.7 Å². The van der Waals surface area contributed by atoms with E-state index in [1.54, 1.807) is 0 Å². The fourth-order valence-electron chi connectivity index (χ4n) is 4.79. The smallest absolute Gasteiger partial charge is 0.326 e. The molecular weight excluding hydrogens is 506 g/mol. The van der Waals surface area contributed by atoms with Gasteiger partial charge in [-0.2, -0.15) is 9.97 Å². The number of anilines is 2. The van der Waals surface area contributed by atoms with Gasteiger partial charge in [-0.05, 0) is 38.8 Å². The van der Waals surface area contributed by atoms with E-state index in [9.17, 15) is 20.1 Å². The number of nitrogens with two attached hydrogens (primary N) is 1. The first-order chi connectivity index (χ1) is 18.6. The van der Waals surface area contributed by atoms with Gasteiger partial charge in [-0.3, -0.25) is 9.36 Å². The summed E-state index contributed by atoms with van der Waals surface area (Å²) in [4.78, 5) is 25.5. The van der Waals surface area contributed by atoms with Gasteiger partial charge in [0.2, 0.25) is 5.95 Å². The van der Waals surface area contributed by atoms with Crippen molar-refractivity contribution in [2.75, 3.05) is 24.2 Å². The number of hydrogen-bond acceptors (Lipinski definition) is 11. The Morgan fingerprint density at radius 3 is 2.69 bits per heavy atom. The van der Waals surface area contributed by atoms with E-state index in [2.05, 4.69) is 20.3 Å². The summed E-state index contributed by atoms with van der Waals surface area (Å²) < 4.78 is 14.5. The number of rotatable bonds is 8. The fourth-order valence-corrected chi connectivity index (χ4v) is 4.79. The van der Waals surface area contributed by atoms with E-state index >= 15 is 0 Å². The molecule has 4 atom stereocenters. The lowest BCUT2D eigenvalue weighted by molar-refractivity contribution is -0.155. The fraction of sp³-hybridized carbons (Fsp3) is 0.462. The van der Waals surface area contributed by atoms with Crippen molar-refractivity contribution in [3.05, 3.63) is 42.4 Å². The Hall–Kier alpha value is -3.78. The van der Waals surface area contributed by atoms with Crippen LogP contribution in [0.4, 0.5) is 11.8 Å². The Labute approximate surface area is 224 Å². The molecule has 13 heteroatoms. The van der Waals surface area contributed by atoms with Crippen LogP contribution in [0.2, 0.25) is 0 Å². The summed E-state index contributed by atoms with van der Waals surface area (Å²) in [6.45, 7) is 5.65. The van der Waals surface area contributed by atoms with Crippen molar-refractivity contribution in [3.8, 4) is 0 Å². The van der Waals surface area contributed by atoms with Crippen LogP contribution in [0.1, 0.15) is 32.6 Å². The molecule has 0 unspecified atom stereocenters. The SMILES string of the molecule is CC(C)(C)OC(=O)Cn1cc(CCNc2nc(N)c3ncn([C@@H]4O[C@H](CO)[C@@H](O)[C@H]4O)c3n2)c2ccccc21. The molecular formula is C26H33N7O6. The van der Waals surface area contributed by atoms with E-state index in [1.807, 2.05) is 55.8 Å². The molecule has 4 aromatic rings. The number of imidazole rings is 1. The van der Waals surface area contributed by atoms with Crippen LogP contribution in [0, 0.1) is 0 Å². The minimum Gasteiger partial charge on any atom is -0.459 e. The van der Waals surface area contributed by atoms with Gasteiger partial charge in [0.1, 0.15) is 36.0 Å². The van der Waals surface area contributed by atoms with Gasteiger partial charge >= 0.3 is 5.97 Å². The summed E-state index contributed by atoms with van der Waals surface area (Å²) in [5.74, 6) is 0.0869. The van der Waals surface area contributed by atoms with Crippen LogP contribution >= 0.6 is 0 Å². The lowest BCUT2D eigenvalue weighted by Gasteiger charge is -2.19. The molecule has 1 saturated heterocycles. The number of aliphatic hydroxyl groups is 3. The molecule has 1 aromatic carbocycles. The Balaban J connectivity index is 1.33. The number of esters is 1. The highest BCUT2D eigenvalue weighted by atomic mass is 16.6. The normalized spacial score (nSPS) is 21.6. The number of hydrogen-bond donors (Lipinski definition) is 5. The number of para-hydroxylation sites is 1. The number of carbonyl (C=O) groups is 1. The van der Waals surface area contributed by atoms with Crippen molar-refractivity contribution in [3.63, 3.8) is 0 Å². The van der Waals surface area contributed by atoms with Gasteiger partial charge in [-0.15, -0.1) is 0 Å². The minimum absolute atomic E-state index is 0.104. The third-order valence-electron chi connectivity index (χ3n) is 6.51. The number of aromatic nitrogens is 5. The molecule has 1 aliphatic rings. The molecule has 0 saturated carbocycles. The first-order valence-corrected chi connectivity index (χ1v) is 12.7. The molecule has 1 fully saturated rings. The summed E-state index contributed by atoms with van der Waals surface area (Å²) >= 11 is 0. The number of fused-ring (bicyclic) bond motifs is 2. The monoisotopic (exact) mass is 539 g/mol. The van der Waals surface area contributed by atoms with Crippen LogP contribution < -0.4 is 11.1 Å². The van der Waals surface area contributed by atoms with E-state index < -0.39 is 36.7 Å². The summed E-state index contributed by atoms with van der Waals surface area (Å²) in [6.07, 6.45) is -0.517. The van der Waals surface area contributed by atoms with E-state index in [0.29, 0.717) is 24.1 Å². The van der Waals surface area contributed by atoms with E-state index in [4.69, 9.17) is 15.2 Å². The van der Waals surface area contributed by atoms with E-state index in [-0.39, 0.29) is 24.3 Å². The minimum atomic E-state index is -1.29. The molecule has 0 radical (unpaired) electrons. The van der Waals surface area contributed by atoms with Crippen LogP contribution in [0.15, 0.2) is 36.8 Å². The highest BCUT2D eigenvalue weighted by Gasteiger charge is 2.44. The molecule has 0 amide bonds. The van der Waals surface area contributed by atoms with Crippen molar-refractivity contribution < 1.29 is 29.6 Å². The van der Waals surface area contributed by atoms with Gasteiger partial charge in [-0.25, -0.2) is 4.98 Å². The molecule has 4 heterocycles. The van der Waals surface area contributed by atoms with Crippen molar-refractivity contribution in [1.29, 1.82) is 0 Å². The van der Waals surface area contributed by atoms with Gasteiger partial charge in [0.25, 0.3) is 0 Å². The standard InChI is InChI=1S/C26H33N7O6/c1-26(2,3)39-18(35)11-32-10-14(15-6-4-5-7-16(15)32)8-9-28-25-30-22(27)19-23(31-25)33(13-29-19)24-21(37)20(36)17(12-34)38-24/h4-7,10,13,17,20-21,24,34,36-37H,8-9,11-12H2,1-3H3,(H3,27,28,30,31)/t17-,20-,21-,24-/m1/s1. The zero-order valence-corrected chi connectivity index (χ0v) is 22.0. The van der Waals surface area contributed by atoms with E-state index in [1.165, 1.54) is 10.9 Å². The average molecular weight is 540 g/mol. The Kier molecular flexibility index (Phi) is 7.16. The second kappa shape index (κ2) is 10.4. The summed E-state index contributed by atoms with van der Waals surface area (Å²) in [5, 5.41) is 34.2. The van der Waals surface area contributed by atoms with Crippen LogP contribution in [0.25, 0.3) is 22.1 Å². The van der Waals surface area contributed by atoms with E-state index in [0.717, 1.165) is 16.5 Å². The molecule has 39 heavy (non-hydrogen) atoms. The van der Waals surface area contributed by atoms with Crippen molar-refractivity contribution >= 4 is 39.8 Å². The molecule has 13 nitrogen and oxygen atoms in total. The highest BCUT2D eigenvalue weighted by Crippen LogP contribution is 2.32. The predicted molar refractivity (Wildman–Crippen MR) is 143 cm³/mol. The molecule has 208 valence electrons. The Morgan fingerprint density at radius 1 is 1.21 bits per heavy atom. The summed E-state index contributed by atoms with van der Waals surface area (Å²) in [6, 6.07) is 7.86. The van der Waals surface area contributed by atoms with Gasteiger partial charge in [0, 0.05) is 23.6 Å². The number of carbonyl (C=O) groups excluding carboxylic acids is 1. The maximum Gasteiger partial charge on any atom is 0.326 e. The third kappa shape index (κ3) is 5.39. The van der Waals surface area contributed by atoms with Gasteiger partial charge < -0.3 is 40.4 Å². The third-order valence-corrected chi connectivity index (χ3v) is 6.51. The summed E-state index contributed by atoms with van der Waals surface area (Å²) in [5.41, 5.74) is 8.17. The van der Waals surface area contributed by atoms with Gasteiger partial charge in [0.05, 0.1) is 12.9 Å². The van der Waals surface area contributed by atoms with Crippen molar-refractivity contribution in [2.24, 2.45) is 0 Å². The molecule has 3 aromatic heterocycles. The average Bonchev–Trinajstić information content (AvgIpc) is 3.53. The Morgan fingerprint density at radius 2 is 1.97 bits per heavy atom. The maximum absolute atomic E-state index is 12.5. The molecule has 6 N–H and O–H groups in total. The zero-order chi connectivity index (χ0) is 27.9. The first-order valence-electron chi connectivity index (χ1n) is 12.7. The maximum atomic E-state index is 12.5. The van der Waals surface area contributed by atoms with Crippen molar-refractivity contribution in [2.45, 2.75) is 63.9 Å². The molecule has 5 rings (SSSR count). The highest BCUT2D eigenvalue weighted by molar-refractivity contribution is 5.86. The van der Waals surface area contributed by atoms with Gasteiger partial charge in [-0.1, -0.05) is 18.2 Å². The number of nitrogens with zero attached hydrogens (tertiary/aromatic N) is 5. The lowest BCUT2D eigenvalue weighted by atomic mass is 10.1. The number of benzene rings is 1. The largest absolute Gasteiger partial charge is 0.459 e.